The molecule has 1 aliphatic carbocycles. The molecule has 0 spiro atoms. The standard InChI is InChI=1S/C21H25N.C4H4O4/c1-2-6-17(7-3-1)14-19-8-4-5-9-21(19)20-12-13-22(16-20)15-18-10-11-18;5-3(6)1-2-4(7)8/h1-9,18,20H,10-16H2;1-2H,(H,5,6)(H,7,8)/b;2-1+. The first-order chi connectivity index (χ1) is 14.5. The van der Waals surface area contributed by atoms with Gasteiger partial charge in [-0.2, -0.15) is 0 Å². The zero-order valence-corrected chi connectivity index (χ0v) is 17.1. The van der Waals surface area contributed by atoms with Gasteiger partial charge in [0, 0.05) is 25.2 Å². The monoisotopic (exact) mass is 407 g/mol. The molecule has 1 heterocycles. The Bertz CT molecular complexity index is 858. The summed E-state index contributed by atoms with van der Waals surface area (Å²) in [5.41, 5.74) is 4.53. The van der Waals surface area contributed by atoms with E-state index < -0.39 is 11.9 Å². The molecule has 0 radical (unpaired) electrons. The molecular weight excluding hydrogens is 378 g/mol. The van der Waals surface area contributed by atoms with E-state index in [0.29, 0.717) is 12.2 Å². The van der Waals surface area contributed by atoms with Gasteiger partial charge in [0.25, 0.3) is 0 Å². The van der Waals surface area contributed by atoms with Crippen LogP contribution in [0.5, 0.6) is 0 Å². The molecular formula is C25H29NO4. The highest BCUT2D eigenvalue weighted by molar-refractivity contribution is 5.89. The van der Waals surface area contributed by atoms with Crippen LogP contribution in [0.1, 0.15) is 41.9 Å². The van der Waals surface area contributed by atoms with Crippen molar-refractivity contribution in [2.45, 2.75) is 31.6 Å². The summed E-state index contributed by atoms with van der Waals surface area (Å²) in [5, 5.41) is 15.6. The highest BCUT2D eigenvalue weighted by atomic mass is 16.4. The zero-order chi connectivity index (χ0) is 21.3. The average molecular weight is 408 g/mol. The Hall–Kier alpha value is -2.92. The summed E-state index contributed by atoms with van der Waals surface area (Å²) in [5.74, 6) is -0.767. The van der Waals surface area contributed by atoms with E-state index in [0.717, 1.165) is 18.3 Å². The Morgan fingerprint density at radius 2 is 1.53 bits per heavy atom. The van der Waals surface area contributed by atoms with Crippen LogP contribution in [0.25, 0.3) is 0 Å². The van der Waals surface area contributed by atoms with E-state index in [9.17, 15) is 9.59 Å². The SMILES string of the molecule is O=C(O)/C=C/C(=O)O.c1ccc(Cc2ccccc2C2CCN(CC3CC3)C2)cc1. The molecule has 1 atom stereocenters. The summed E-state index contributed by atoms with van der Waals surface area (Å²) in [4.78, 5) is 21.8. The fourth-order valence-electron chi connectivity index (χ4n) is 3.97. The van der Waals surface area contributed by atoms with Gasteiger partial charge in [0.1, 0.15) is 0 Å². The van der Waals surface area contributed by atoms with E-state index in [1.165, 1.54) is 50.0 Å². The van der Waals surface area contributed by atoms with E-state index >= 15 is 0 Å². The maximum atomic E-state index is 9.55. The fraction of sp³-hybridized carbons (Fsp3) is 0.360. The lowest BCUT2D eigenvalue weighted by Crippen LogP contribution is -2.23. The fourth-order valence-corrected chi connectivity index (χ4v) is 3.97. The molecule has 0 amide bonds. The Balaban J connectivity index is 0.000000275. The predicted molar refractivity (Wildman–Crippen MR) is 117 cm³/mol. The van der Waals surface area contributed by atoms with Gasteiger partial charge in [-0.1, -0.05) is 54.6 Å². The second-order valence-corrected chi connectivity index (χ2v) is 8.06. The quantitative estimate of drug-likeness (QED) is 0.673. The number of carbonyl (C=O) groups is 2. The summed E-state index contributed by atoms with van der Waals surface area (Å²) in [6.07, 6.45) is 6.44. The van der Waals surface area contributed by atoms with Crippen LogP contribution in [0.15, 0.2) is 66.7 Å². The lowest BCUT2D eigenvalue weighted by atomic mass is 9.90. The molecule has 2 aromatic rings. The van der Waals surface area contributed by atoms with Crippen LogP contribution < -0.4 is 0 Å². The van der Waals surface area contributed by atoms with Gasteiger partial charge in [-0.15, -0.1) is 0 Å². The van der Waals surface area contributed by atoms with Crippen molar-refractivity contribution >= 4 is 11.9 Å². The summed E-state index contributed by atoms with van der Waals surface area (Å²) < 4.78 is 0. The molecule has 1 aliphatic heterocycles. The van der Waals surface area contributed by atoms with Crippen LogP contribution in [-0.4, -0.2) is 46.7 Å². The van der Waals surface area contributed by atoms with Crippen molar-refractivity contribution in [3.8, 4) is 0 Å². The van der Waals surface area contributed by atoms with Gasteiger partial charge < -0.3 is 15.1 Å². The van der Waals surface area contributed by atoms with Gasteiger partial charge in [0.2, 0.25) is 0 Å². The average Bonchev–Trinajstić information content (AvgIpc) is 3.43. The van der Waals surface area contributed by atoms with Crippen molar-refractivity contribution in [3.05, 3.63) is 83.4 Å². The summed E-state index contributed by atoms with van der Waals surface area (Å²) >= 11 is 0. The molecule has 158 valence electrons. The van der Waals surface area contributed by atoms with Crippen molar-refractivity contribution < 1.29 is 19.8 Å². The molecule has 2 aliphatic rings. The second-order valence-electron chi connectivity index (χ2n) is 8.06. The van der Waals surface area contributed by atoms with E-state index in [4.69, 9.17) is 10.2 Å². The molecule has 0 bridgehead atoms. The Labute approximate surface area is 177 Å². The van der Waals surface area contributed by atoms with Gasteiger partial charge in [-0.25, -0.2) is 9.59 Å². The van der Waals surface area contributed by atoms with Crippen LogP contribution >= 0.6 is 0 Å². The number of likely N-dealkylation sites (tertiary alicyclic amines) is 1. The molecule has 2 N–H and O–H groups in total. The minimum atomic E-state index is -1.26. The lowest BCUT2D eigenvalue weighted by Gasteiger charge is -2.18. The molecule has 2 aromatic carbocycles. The van der Waals surface area contributed by atoms with Crippen LogP contribution in [0.3, 0.4) is 0 Å². The highest BCUT2D eigenvalue weighted by Gasteiger charge is 2.30. The normalized spacial score (nSPS) is 18.7. The topological polar surface area (TPSA) is 77.8 Å². The number of hydrogen-bond acceptors (Lipinski definition) is 3. The first kappa shape index (κ1) is 21.8. The Morgan fingerprint density at radius 3 is 2.17 bits per heavy atom. The minimum absolute atomic E-state index is 0.558. The van der Waals surface area contributed by atoms with Crippen LogP contribution in [0.2, 0.25) is 0 Å². The first-order valence-electron chi connectivity index (χ1n) is 10.5. The smallest absolute Gasteiger partial charge is 0.328 e. The van der Waals surface area contributed by atoms with Crippen LogP contribution in [-0.2, 0) is 16.0 Å². The minimum Gasteiger partial charge on any atom is -0.478 e. The van der Waals surface area contributed by atoms with Crippen LogP contribution in [0, 0.1) is 5.92 Å². The molecule has 0 aromatic heterocycles. The first-order valence-corrected chi connectivity index (χ1v) is 10.5. The lowest BCUT2D eigenvalue weighted by molar-refractivity contribution is -0.134. The van der Waals surface area contributed by atoms with Crippen molar-refractivity contribution in [3.63, 3.8) is 0 Å². The zero-order valence-electron chi connectivity index (χ0n) is 17.1. The molecule has 5 heteroatoms. The van der Waals surface area contributed by atoms with Gasteiger partial charge in [-0.05, 0) is 60.8 Å². The molecule has 5 nitrogen and oxygen atoms in total. The molecule has 1 saturated heterocycles. The second kappa shape index (κ2) is 10.7. The predicted octanol–water partition coefficient (Wildman–Crippen LogP) is 4.19. The third-order valence-corrected chi connectivity index (χ3v) is 5.59. The van der Waals surface area contributed by atoms with Crippen molar-refractivity contribution in [2.24, 2.45) is 5.92 Å². The van der Waals surface area contributed by atoms with Gasteiger partial charge >= 0.3 is 11.9 Å². The maximum Gasteiger partial charge on any atom is 0.328 e. The molecule has 30 heavy (non-hydrogen) atoms. The Morgan fingerprint density at radius 1 is 0.900 bits per heavy atom. The summed E-state index contributed by atoms with van der Waals surface area (Å²) in [6.45, 7) is 3.90. The van der Waals surface area contributed by atoms with Crippen molar-refractivity contribution in [1.29, 1.82) is 0 Å². The maximum absolute atomic E-state index is 9.55. The van der Waals surface area contributed by atoms with Gasteiger partial charge in [0.05, 0.1) is 0 Å². The number of aliphatic carboxylic acids is 2. The molecule has 1 saturated carbocycles. The molecule has 2 fully saturated rings. The third-order valence-electron chi connectivity index (χ3n) is 5.59. The van der Waals surface area contributed by atoms with E-state index in [1.807, 2.05) is 0 Å². The number of nitrogens with zero attached hydrogens (tertiary/aromatic N) is 1. The number of rotatable bonds is 7. The summed E-state index contributed by atoms with van der Waals surface area (Å²) in [6, 6.07) is 20.0. The van der Waals surface area contributed by atoms with E-state index in [-0.39, 0.29) is 0 Å². The summed E-state index contributed by atoms with van der Waals surface area (Å²) in [7, 11) is 0. The number of benzene rings is 2. The van der Waals surface area contributed by atoms with Gasteiger partial charge in [0.15, 0.2) is 0 Å². The van der Waals surface area contributed by atoms with E-state index in [1.54, 1.807) is 5.56 Å². The Kier molecular flexibility index (Phi) is 7.80. The van der Waals surface area contributed by atoms with Crippen molar-refractivity contribution in [1.82, 2.24) is 4.90 Å². The largest absolute Gasteiger partial charge is 0.478 e. The van der Waals surface area contributed by atoms with Crippen LogP contribution in [0.4, 0.5) is 0 Å². The number of carboxylic acid groups (broad SMARTS) is 2. The highest BCUT2D eigenvalue weighted by Crippen LogP contribution is 2.35. The van der Waals surface area contributed by atoms with E-state index in [2.05, 4.69) is 59.5 Å². The third kappa shape index (κ3) is 7.16. The molecule has 4 rings (SSSR count). The number of carboxylic acids is 2. The van der Waals surface area contributed by atoms with Gasteiger partial charge in [-0.3, -0.25) is 0 Å². The number of hydrogen-bond donors (Lipinski definition) is 2. The van der Waals surface area contributed by atoms with Crippen molar-refractivity contribution in [2.75, 3.05) is 19.6 Å². The molecule has 1 unspecified atom stereocenters.